The molecule has 0 aromatic heterocycles. The summed E-state index contributed by atoms with van der Waals surface area (Å²) in [5, 5.41) is 5.37. The first-order valence-corrected chi connectivity index (χ1v) is 7.67. The minimum atomic E-state index is -4.36. The summed E-state index contributed by atoms with van der Waals surface area (Å²) in [4.78, 5) is 14.0. The maximum Gasteiger partial charge on any atom is 0.405 e. The van der Waals surface area contributed by atoms with Crippen molar-refractivity contribution in [2.24, 2.45) is 5.92 Å². The van der Waals surface area contributed by atoms with Crippen LogP contribution >= 0.6 is 0 Å². The molecular formula is C14H24F3N3O. The van der Waals surface area contributed by atoms with E-state index in [0.717, 1.165) is 45.3 Å². The highest BCUT2D eigenvalue weighted by Gasteiger charge is 2.33. The zero-order valence-corrected chi connectivity index (χ0v) is 12.4. The van der Waals surface area contributed by atoms with Gasteiger partial charge in [0.05, 0.1) is 6.04 Å². The number of hydrogen-bond donors (Lipinski definition) is 2. The zero-order chi connectivity index (χ0) is 15.5. The van der Waals surface area contributed by atoms with Crippen LogP contribution < -0.4 is 10.6 Å². The molecule has 1 saturated carbocycles. The second-order valence-corrected chi connectivity index (χ2v) is 6.20. The maximum absolute atomic E-state index is 12.2. The SMILES string of the molecule is CC(C(=O)NCC(F)(F)F)N(CC1CC1)CC1CCCN1. The zero-order valence-electron chi connectivity index (χ0n) is 12.4. The number of nitrogens with one attached hydrogen (secondary N) is 2. The molecule has 0 aromatic rings. The van der Waals surface area contributed by atoms with E-state index in [1.165, 1.54) is 0 Å². The van der Waals surface area contributed by atoms with Crippen LogP contribution in [0.5, 0.6) is 0 Å². The van der Waals surface area contributed by atoms with Crippen molar-refractivity contribution in [1.29, 1.82) is 0 Å². The van der Waals surface area contributed by atoms with Gasteiger partial charge >= 0.3 is 6.18 Å². The van der Waals surface area contributed by atoms with Crippen LogP contribution in [0.4, 0.5) is 13.2 Å². The number of carbonyl (C=O) groups is 1. The first-order valence-electron chi connectivity index (χ1n) is 7.67. The molecule has 0 radical (unpaired) electrons. The third-order valence-electron chi connectivity index (χ3n) is 4.20. The van der Waals surface area contributed by atoms with Crippen molar-refractivity contribution in [3.05, 3.63) is 0 Å². The Labute approximate surface area is 123 Å². The fraction of sp³-hybridized carbons (Fsp3) is 0.929. The molecule has 0 spiro atoms. The quantitative estimate of drug-likeness (QED) is 0.749. The third-order valence-corrected chi connectivity index (χ3v) is 4.20. The van der Waals surface area contributed by atoms with E-state index in [2.05, 4.69) is 5.32 Å². The van der Waals surface area contributed by atoms with Crippen molar-refractivity contribution >= 4 is 5.91 Å². The second-order valence-electron chi connectivity index (χ2n) is 6.20. The Morgan fingerprint density at radius 3 is 2.57 bits per heavy atom. The van der Waals surface area contributed by atoms with Gasteiger partial charge in [0.2, 0.25) is 5.91 Å². The molecule has 2 aliphatic rings. The molecule has 4 nitrogen and oxygen atoms in total. The Hall–Kier alpha value is -0.820. The van der Waals surface area contributed by atoms with Gasteiger partial charge in [0.25, 0.3) is 0 Å². The van der Waals surface area contributed by atoms with Gasteiger partial charge in [-0.15, -0.1) is 0 Å². The molecule has 1 aliphatic heterocycles. The van der Waals surface area contributed by atoms with Crippen molar-refractivity contribution in [2.45, 2.75) is 50.9 Å². The van der Waals surface area contributed by atoms with Crippen molar-refractivity contribution in [1.82, 2.24) is 15.5 Å². The summed E-state index contributed by atoms with van der Waals surface area (Å²) in [7, 11) is 0. The number of rotatable bonds is 7. The lowest BCUT2D eigenvalue weighted by Gasteiger charge is -2.30. The summed E-state index contributed by atoms with van der Waals surface area (Å²) in [5.74, 6) is 0.0650. The van der Waals surface area contributed by atoms with Crippen LogP contribution in [0.2, 0.25) is 0 Å². The lowest BCUT2D eigenvalue weighted by molar-refractivity contribution is -0.141. The van der Waals surface area contributed by atoms with E-state index in [-0.39, 0.29) is 0 Å². The van der Waals surface area contributed by atoms with E-state index in [4.69, 9.17) is 0 Å². The molecule has 2 N–H and O–H groups in total. The third kappa shape index (κ3) is 5.82. The molecule has 7 heteroatoms. The van der Waals surface area contributed by atoms with Gasteiger partial charge in [0.15, 0.2) is 0 Å². The molecule has 21 heavy (non-hydrogen) atoms. The Kier molecular flexibility index (Phi) is 5.48. The molecule has 2 unspecified atom stereocenters. The van der Waals surface area contributed by atoms with E-state index in [1.54, 1.807) is 6.92 Å². The molecule has 122 valence electrons. The Morgan fingerprint density at radius 1 is 1.33 bits per heavy atom. The van der Waals surface area contributed by atoms with Crippen molar-refractivity contribution in [2.75, 3.05) is 26.2 Å². The largest absolute Gasteiger partial charge is 0.405 e. The van der Waals surface area contributed by atoms with Crippen LogP contribution in [0.15, 0.2) is 0 Å². The fourth-order valence-corrected chi connectivity index (χ4v) is 2.72. The lowest BCUT2D eigenvalue weighted by Crippen LogP contribution is -2.51. The van der Waals surface area contributed by atoms with Crippen LogP contribution in [0.1, 0.15) is 32.6 Å². The summed E-state index contributed by atoms with van der Waals surface area (Å²) in [6, 6.07) is -0.169. The highest BCUT2D eigenvalue weighted by atomic mass is 19.4. The number of carbonyl (C=O) groups excluding carboxylic acids is 1. The summed E-state index contributed by atoms with van der Waals surface area (Å²) >= 11 is 0. The standard InChI is InChI=1S/C14H24F3N3O/c1-10(13(21)19-9-14(15,16)17)20(7-11-4-5-11)8-12-3-2-6-18-12/h10-12,18H,2-9H2,1H3,(H,19,21). The number of halogens is 3. The smallest absolute Gasteiger partial charge is 0.346 e. The topological polar surface area (TPSA) is 44.4 Å². The average molecular weight is 307 g/mol. The van der Waals surface area contributed by atoms with Crippen molar-refractivity contribution in [3.8, 4) is 0 Å². The Bertz CT molecular complexity index is 352. The van der Waals surface area contributed by atoms with Gasteiger partial charge in [-0.3, -0.25) is 9.69 Å². The Balaban J connectivity index is 1.85. The van der Waals surface area contributed by atoms with Gasteiger partial charge in [-0.05, 0) is 45.1 Å². The molecule has 0 aromatic carbocycles. The minimum absolute atomic E-state index is 0.349. The summed E-state index contributed by atoms with van der Waals surface area (Å²) in [6.45, 7) is 2.96. The molecule has 2 fully saturated rings. The minimum Gasteiger partial charge on any atom is -0.346 e. The fourth-order valence-electron chi connectivity index (χ4n) is 2.72. The van der Waals surface area contributed by atoms with Gasteiger partial charge in [-0.25, -0.2) is 0 Å². The molecule has 1 heterocycles. The average Bonchev–Trinajstić information content (AvgIpc) is 3.07. The van der Waals surface area contributed by atoms with Gasteiger partial charge < -0.3 is 10.6 Å². The Morgan fingerprint density at radius 2 is 2.05 bits per heavy atom. The molecule has 2 atom stereocenters. The molecule has 2 rings (SSSR count). The normalized spacial score (nSPS) is 24.3. The molecular weight excluding hydrogens is 283 g/mol. The highest BCUT2D eigenvalue weighted by Crippen LogP contribution is 2.30. The monoisotopic (exact) mass is 307 g/mol. The lowest BCUT2D eigenvalue weighted by atomic mass is 10.1. The number of hydrogen-bond acceptors (Lipinski definition) is 3. The number of alkyl halides is 3. The summed E-state index contributed by atoms with van der Waals surface area (Å²) in [5.41, 5.74) is 0. The molecule has 1 saturated heterocycles. The van der Waals surface area contributed by atoms with E-state index in [1.807, 2.05) is 10.2 Å². The number of nitrogens with zero attached hydrogens (tertiary/aromatic N) is 1. The van der Waals surface area contributed by atoms with E-state index < -0.39 is 24.7 Å². The highest BCUT2D eigenvalue weighted by molar-refractivity contribution is 5.81. The number of amides is 1. The van der Waals surface area contributed by atoms with Crippen molar-refractivity contribution < 1.29 is 18.0 Å². The molecule has 1 amide bonds. The second kappa shape index (κ2) is 6.96. The molecule has 0 bridgehead atoms. The van der Waals surface area contributed by atoms with E-state index in [9.17, 15) is 18.0 Å². The van der Waals surface area contributed by atoms with E-state index in [0.29, 0.717) is 12.0 Å². The first kappa shape index (κ1) is 16.5. The van der Waals surface area contributed by atoms with Crippen LogP contribution in [0, 0.1) is 5.92 Å². The molecule has 1 aliphatic carbocycles. The van der Waals surface area contributed by atoms with Gasteiger partial charge in [0.1, 0.15) is 6.54 Å². The van der Waals surface area contributed by atoms with Gasteiger partial charge in [0, 0.05) is 19.1 Å². The van der Waals surface area contributed by atoms with Gasteiger partial charge in [-0.2, -0.15) is 13.2 Å². The van der Waals surface area contributed by atoms with Crippen LogP contribution in [-0.4, -0.2) is 55.2 Å². The predicted molar refractivity (Wildman–Crippen MR) is 73.8 cm³/mol. The van der Waals surface area contributed by atoms with Crippen LogP contribution in [0.25, 0.3) is 0 Å². The summed E-state index contributed by atoms with van der Waals surface area (Å²) in [6.07, 6.45) is 0.148. The predicted octanol–water partition coefficient (Wildman–Crippen LogP) is 1.52. The van der Waals surface area contributed by atoms with Crippen LogP contribution in [-0.2, 0) is 4.79 Å². The van der Waals surface area contributed by atoms with E-state index >= 15 is 0 Å². The first-order chi connectivity index (χ1) is 9.85. The summed E-state index contributed by atoms with van der Waals surface area (Å²) < 4.78 is 36.6. The maximum atomic E-state index is 12.2. The van der Waals surface area contributed by atoms with Crippen LogP contribution in [0.3, 0.4) is 0 Å². The van der Waals surface area contributed by atoms with Gasteiger partial charge in [-0.1, -0.05) is 0 Å². The van der Waals surface area contributed by atoms with Crippen molar-refractivity contribution in [3.63, 3.8) is 0 Å².